The molecule has 236 valence electrons. The van der Waals surface area contributed by atoms with Crippen LogP contribution in [0, 0.1) is 23.3 Å². The van der Waals surface area contributed by atoms with Crippen molar-refractivity contribution < 1.29 is 50.8 Å². The molecule has 0 saturated heterocycles. The minimum Gasteiger partial charge on any atom is -0.479 e. The summed E-state index contributed by atoms with van der Waals surface area (Å²) in [5.74, 6) is -11.8. The van der Waals surface area contributed by atoms with Gasteiger partial charge in [0.15, 0.2) is 29.4 Å². The van der Waals surface area contributed by atoms with Crippen molar-refractivity contribution >= 4 is 41.4 Å². The fourth-order valence-corrected chi connectivity index (χ4v) is 5.49. The smallest absolute Gasteiger partial charge is 0.420 e. The van der Waals surface area contributed by atoms with Crippen LogP contribution in [0.4, 0.5) is 17.6 Å². The molecule has 2 atom stereocenters. The first-order valence-electron chi connectivity index (χ1n) is 14.4. The van der Waals surface area contributed by atoms with E-state index in [1.807, 2.05) is 0 Å². The molecule has 1 heterocycles. The van der Waals surface area contributed by atoms with Gasteiger partial charge in [0, 0.05) is 17.5 Å². The Labute approximate surface area is 256 Å². The molecule has 0 spiro atoms. The van der Waals surface area contributed by atoms with Crippen molar-refractivity contribution in [2.24, 2.45) is 0 Å². The van der Waals surface area contributed by atoms with Crippen molar-refractivity contribution in [1.29, 1.82) is 0 Å². The zero-order valence-corrected chi connectivity index (χ0v) is 24.7. The maximum Gasteiger partial charge on any atom is 0.420 e. The number of esters is 1. The van der Waals surface area contributed by atoms with Crippen molar-refractivity contribution in [3.63, 3.8) is 0 Å². The van der Waals surface area contributed by atoms with Gasteiger partial charge in [-0.2, -0.15) is 13.4 Å². The monoisotopic (exact) mass is 639 g/mol. The molecule has 0 bridgehead atoms. The number of amides is 2. The number of carbonyl (C=O) groups is 4. The minimum absolute atomic E-state index is 0.0119. The molecule has 2 aromatic carbocycles. The van der Waals surface area contributed by atoms with E-state index >= 15 is 0 Å². The average molecular weight is 640 g/mol. The van der Waals surface area contributed by atoms with Crippen molar-refractivity contribution in [3.8, 4) is 5.75 Å². The highest BCUT2D eigenvalue weighted by atomic mass is 35.5. The highest BCUT2D eigenvalue weighted by Gasteiger charge is 2.39. The number of ether oxygens (including phenoxy) is 2. The number of benzene rings is 2. The summed E-state index contributed by atoms with van der Waals surface area (Å²) >= 11 is 6.07. The van der Waals surface area contributed by atoms with Gasteiger partial charge in [0.25, 0.3) is 5.91 Å². The van der Waals surface area contributed by atoms with Gasteiger partial charge < -0.3 is 14.8 Å². The van der Waals surface area contributed by atoms with E-state index in [1.54, 1.807) is 19.1 Å². The lowest BCUT2D eigenvalue weighted by molar-refractivity contribution is -0.456. The highest BCUT2D eigenvalue weighted by Crippen LogP contribution is 2.27. The number of fused-ring (bicyclic) bond motifs is 1. The Morgan fingerprint density at radius 1 is 1.02 bits per heavy atom. The fourth-order valence-electron chi connectivity index (χ4n) is 5.32. The van der Waals surface area contributed by atoms with Crippen molar-refractivity contribution in [2.75, 3.05) is 6.61 Å². The van der Waals surface area contributed by atoms with Crippen LogP contribution in [0.3, 0.4) is 0 Å². The molecule has 1 saturated carbocycles. The van der Waals surface area contributed by atoms with E-state index in [4.69, 9.17) is 21.1 Å². The van der Waals surface area contributed by atoms with Crippen molar-refractivity contribution in [2.45, 2.75) is 82.9 Å². The molecule has 2 aromatic rings. The van der Waals surface area contributed by atoms with E-state index in [9.17, 15) is 36.7 Å². The Hall–Kier alpha value is -3.80. The van der Waals surface area contributed by atoms with Gasteiger partial charge in [-0.25, -0.2) is 13.6 Å². The fraction of sp³-hybridized carbons (Fsp3) is 0.452. The first-order chi connectivity index (χ1) is 21.0. The number of hydrogen-bond acceptors (Lipinski definition) is 6. The second kappa shape index (κ2) is 14.8. The molecule has 2 aliphatic rings. The third kappa shape index (κ3) is 7.82. The Bertz CT molecular complexity index is 1450. The lowest BCUT2D eigenvalue weighted by atomic mass is 9.99. The van der Waals surface area contributed by atoms with Gasteiger partial charge in [0.2, 0.25) is 17.7 Å². The predicted octanol–water partition coefficient (Wildman–Crippen LogP) is 5.24. The summed E-state index contributed by atoms with van der Waals surface area (Å²) in [5, 5.41) is 2.78. The number of Topliss-reactive ketones (excluding diaryl/α,β-unsaturated/α-hetero) is 1. The zero-order valence-electron chi connectivity index (χ0n) is 24.0. The van der Waals surface area contributed by atoms with Crippen LogP contribution in [-0.2, 0) is 25.5 Å². The third-order valence-corrected chi connectivity index (χ3v) is 7.91. The first-order valence-corrected chi connectivity index (χ1v) is 14.8. The number of hydrogen-bond donors (Lipinski definition) is 1. The van der Waals surface area contributed by atoms with Gasteiger partial charge in [-0.05, 0) is 43.4 Å². The van der Waals surface area contributed by atoms with Gasteiger partial charge in [-0.15, -0.1) is 0 Å². The Kier molecular flexibility index (Phi) is 11.1. The first kappa shape index (κ1) is 33.1. The topological polar surface area (TPSA) is 102 Å². The Balaban J connectivity index is 1.53. The highest BCUT2D eigenvalue weighted by molar-refractivity contribution is 6.31. The molecule has 2 amide bonds. The molecule has 13 heteroatoms. The van der Waals surface area contributed by atoms with Crippen LogP contribution >= 0.6 is 11.6 Å². The van der Waals surface area contributed by atoms with Gasteiger partial charge in [-0.1, -0.05) is 37.4 Å². The Morgan fingerprint density at radius 3 is 2.32 bits per heavy atom. The van der Waals surface area contributed by atoms with E-state index < -0.39 is 77.7 Å². The van der Waals surface area contributed by atoms with E-state index in [1.165, 1.54) is 16.9 Å². The average Bonchev–Trinajstić information content (AvgIpc) is 3.26. The number of carbonyl (C=O) groups excluding carboxylic acids is 4. The molecular weight excluding hydrogens is 608 g/mol. The molecular formula is C31H32ClF4N2O6+. The van der Waals surface area contributed by atoms with Gasteiger partial charge in [0.05, 0.1) is 18.4 Å². The molecule has 1 unspecified atom stereocenters. The van der Waals surface area contributed by atoms with Gasteiger partial charge >= 0.3 is 11.9 Å². The maximum absolute atomic E-state index is 14.1. The number of rotatable bonds is 11. The van der Waals surface area contributed by atoms with Crippen LogP contribution in [0.25, 0.3) is 0 Å². The van der Waals surface area contributed by atoms with E-state index in [0.717, 1.165) is 25.7 Å². The summed E-state index contributed by atoms with van der Waals surface area (Å²) in [6, 6.07) is 2.11. The normalized spacial score (nSPS) is 16.7. The number of nitrogens with zero attached hydrogens (tertiary/aromatic N) is 1. The van der Waals surface area contributed by atoms with Crippen LogP contribution in [0.15, 0.2) is 24.3 Å². The van der Waals surface area contributed by atoms with Crippen LogP contribution < -0.4 is 10.1 Å². The van der Waals surface area contributed by atoms with Gasteiger partial charge in [-0.3, -0.25) is 14.4 Å². The molecule has 8 nitrogen and oxygen atoms in total. The molecule has 0 radical (unpaired) electrons. The van der Waals surface area contributed by atoms with E-state index in [2.05, 4.69) is 5.32 Å². The molecule has 1 N–H and O–H groups in total. The largest absolute Gasteiger partial charge is 0.479 e. The number of ketones is 1. The summed E-state index contributed by atoms with van der Waals surface area (Å²) in [5.41, 5.74) is 1.02. The molecule has 4 rings (SSSR count). The lowest BCUT2D eigenvalue weighted by Gasteiger charge is -2.22. The maximum atomic E-state index is 14.1. The molecule has 1 aliphatic carbocycles. The second-order valence-corrected chi connectivity index (χ2v) is 11.2. The quantitative estimate of drug-likeness (QED) is 0.119. The summed E-state index contributed by atoms with van der Waals surface area (Å²) in [4.78, 5) is 52.8. The summed E-state index contributed by atoms with van der Waals surface area (Å²) < 4.78 is 67.1. The molecule has 1 aliphatic heterocycles. The van der Waals surface area contributed by atoms with Crippen LogP contribution in [0.5, 0.6) is 5.75 Å². The summed E-state index contributed by atoms with van der Waals surface area (Å²) in [7, 11) is 0. The minimum atomic E-state index is -1.85. The molecule has 0 aromatic heterocycles. The number of halogens is 5. The molecule has 1 fully saturated rings. The Morgan fingerprint density at radius 2 is 1.68 bits per heavy atom. The predicted molar refractivity (Wildman–Crippen MR) is 151 cm³/mol. The van der Waals surface area contributed by atoms with E-state index in [-0.39, 0.29) is 18.6 Å². The van der Waals surface area contributed by atoms with Crippen molar-refractivity contribution in [1.82, 2.24) is 5.32 Å². The third-order valence-electron chi connectivity index (χ3n) is 7.68. The zero-order chi connectivity index (χ0) is 32.0. The lowest BCUT2D eigenvalue weighted by Crippen LogP contribution is -2.52. The van der Waals surface area contributed by atoms with Gasteiger partial charge in [0.1, 0.15) is 18.8 Å². The standard InChI is InChI=1S/C31H31ClF4N2O6/c1-2-24(38-12-11-17-9-10-18(32)13-20(17)31(38)42)30(41)37-23(15-26(40)44-19-7-5-3-4-6-8-19)25(39)16-43-29-27(35)21(33)14-22(34)28(29)36/h9-10,12-14,19,23-24H,2-8,11,15-16H2,1H3/p+1/t23?,24-/m0/s1. The van der Waals surface area contributed by atoms with Crippen molar-refractivity contribution in [3.05, 3.63) is 63.7 Å². The van der Waals surface area contributed by atoms with Crippen LogP contribution in [0.2, 0.25) is 5.02 Å². The second-order valence-electron chi connectivity index (χ2n) is 10.7. The molecule has 44 heavy (non-hydrogen) atoms. The van der Waals surface area contributed by atoms with E-state index in [0.29, 0.717) is 35.4 Å². The SMILES string of the molecule is CC[C@@H](C(=O)NC(CC(=O)OC1CCCCCC1)C(=O)COc1c(F)c(F)cc(F)c1F)[N+]1=CCc2ccc(Cl)cc2C1=O. The number of nitrogens with one attached hydrogen (secondary N) is 1. The van der Waals surface area contributed by atoms with Crippen LogP contribution in [-0.4, -0.2) is 59.2 Å². The summed E-state index contributed by atoms with van der Waals surface area (Å²) in [6.07, 6.45) is 5.95. The summed E-state index contributed by atoms with van der Waals surface area (Å²) in [6.45, 7) is 0.499. The van der Waals surface area contributed by atoms with Crippen LogP contribution in [0.1, 0.15) is 74.2 Å².